The van der Waals surface area contributed by atoms with Crippen LogP contribution in [0.1, 0.15) is 11.7 Å². The highest BCUT2D eigenvalue weighted by molar-refractivity contribution is 6.30. The zero-order chi connectivity index (χ0) is 18.8. The van der Waals surface area contributed by atoms with E-state index in [1.807, 2.05) is 0 Å². The number of anilines is 1. The molecule has 0 aliphatic carbocycles. The molecule has 3 N–H and O–H groups in total. The normalized spacial score (nSPS) is 12.1. The number of aliphatic hydroxyl groups is 1. The summed E-state index contributed by atoms with van der Waals surface area (Å²) in [6, 6.07) is 6.30. The lowest BCUT2D eigenvalue weighted by molar-refractivity contribution is -0.383. The number of aromatic amines is 1. The van der Waals surface area contributed by atoms with Crippen molar-refractivity contribution in [3.8, 4) is 0 Å². The van der Waals surface area contributed by atoms with Crippen LogP contribution in [0.5, 0.6) is 0 Å². The molecule has 3 rings (SSSR count). The number of aromatic nitrogens is 2. The van der Waals surface area contributed by atoms with Crippen LogP contribution < -0.4 is 10.9 Å². The molecule has 1 heterocycles. The Morgan fingerprint density at radius 3 is 2.85 bits per heavy atom. The molecule has 0 spiro atoms. The van der Waals surface area contributed by atoms with E-state index < -0.39 is 22.4 Å². The van der Waals surface area contributed by atoms with Crippen molar-refractivity contribution in [2.24, 2.45) is 0 Å². The van der Waals surface area contributed by atoms with E-state index in [2.05, 4.69) is 15.3 Å². The van der Waals surface area contributed by atoms with Gasteiger partial charge in [-0.15, -0.1) is 0 Å². The number of halogens is 2. The van der Waals surface area contributed by atoms with Gasteiger partial charge in [0.05, 0.1) is 33.3 Å². The van der Waals surface area contributed by atoms with E-state index in [0.29, 0.717) is 0 Å². The van der Waals surface area contributed by atoms with Crippen LogP contribution in [0.2, 0.25) is 5.02 Å². The molecule has 10 heteroatoms. The van der Waals surface area contributed by atoms with Crippen LogP contribution in [0.15, 0.2) is 41.5 Å². The monoisotopic (exact) mass is 378 g/mol. The Morgan fingerprint density at radius 1 is 1.38 bits per heavy atom. The van der Waals surface area contributed by atoms with Gasteiger partial charge in [-0.25, -0.2) is 9.37 Å². The summed E-state index contributed by atoms with van der Waals surface area (Å²) in [7, 11) is 0. The quantitative estimate of drug-likeness (QED) is 0.463. The van der Waals surface area contributed by atoms with E-state index in [1.165, 1.54) is 24.5 Å². The first-order valence-electron chi connectivity index (χ1n) is 7.39. The molecule has 1 atom stereocenters. The fourth-order valence-corrected chi connectivity index (χ4v) is 2.56. The van der Waals surface area contributed by atoms with Crippen molar-refractivity contribution in [3.63, 3.8) is 0 Å². The van der Waals surface area contributed by atoms with Crippen molar-refractivity contribution in [1.82, 2.24) is 9.97 Å². The predicted molar refractivity (Wildman–Crippen MR) is 93.9 cm³/mol. The molecular formula is C16H12ClFN4O4. The lowest BCUT2D eigenvalue weighted by Gasteiger charge is -2.14. The maximum absolute atomic E-state index is 13.5. The van der Waals surface area contributed by atoms with Gasteiger partial charge in [-0.3, -0.25) is 14.9 Å². The molecule has 0 fully saturated rings. The molecule has 8 nitrogen and oxygen atoms in total. The summed E-state index contributed by atoms with van der Waals surface area (Å²) < 4.78 is 13.5. The fourth-order valence-electron chi connectivity index (χ4n) is 2.44. The van der Waals surface area contributed by atoms with Crippen LogP contribution in [0.3, 0.4) is 0 Å². The summed E-state index contributed by atoms with van der Waals surface area (Å²) in [5.74, 6) is -0.677. The summed E-state index contributed by atoms with van der Waals surface area (Å²) in [6.07, 6.45) is 0.0511. The molecule has 0 radical (unpaired) electrons. The number of nitrogens with zero attached hydrogens (tertiary/aromatic N) is 2. The van der Waals surface area contributed by atoms with Gasteiger partial charge in [-0.1, -0.05) is 17.7 Å². The van der Waals surface area contributed by atoms with Crippen molar-refractivity contribution in [3.05, 3.63) is 73.5 Å². The smallest absolute Gasteiger partial charge is 0.293 e. The molecule has 26 heavy (non-hydrogen) atoms. The average molecular weight is 379 g/mol. The van der Waals surface area contributed by atoms with Gasteiger partial charge in [0.25, 0.3) is 11.2 Å². The SMILES string of the molecule is O=c1[nH]cnc2cc(NCC(O)c3ccc(Cl)c(F)c3)c([N+](=O)[O-])cc12. The molecule has 1 aromatic heterocycles. The summed E-state index contributed by atoms with van der Waals surface area (Å²) in [5, 5.41) is 24.2. The summed E-state index contributed by atoms with van der Waals surface area (Å²) in [5.41, 5.74) is -0.243. The van der Waals surface area contributed by atoms with Crippen LogP contribution in [0, 0.1) is 15.9 Å². The van der Waals surface area contributed by atoms with Crippen molar-refractivity contribution in [2.75, 3.05) is 11.9 Å². The summed E-state index contributed by atoms with van der Waals surface area (Å²) >= 11 is 5.60. The van der Waals surface area contributed by atoms with Gasteiger partial charge in [0.2, 0.25) is 0 Å². The van der Waals surface area contributed by atoms with Crippen LogP contribution in [-0.2, 0) is 0 Å². The van der Waals surface area contributed by atoms with E-state index in [1.54, 1.807) is 0 Å². The zero-order valence-corrected chi connectivity index (χ0v) is 13.8. The summed E-state index contributed by atoms with van der Waals surface area (Å²) in [4.78, 5) is 28.7. The van der Waals surface area contributed by atoms with Crippen molar-refractivity contribution in [2.45, 2.75) is 6.10 Å². The maximum atomic E-state index is 13.5. The molecule has 3 aromatic rings. The second kappa shape index (κ2) is 7.06. The number of aliphatic hydroxyl groups excluding tert-OH is 1. The standard InChI is InChI=1S/C16H12ClFN4O4/c17-10-2-1-8(3-11(10)18)15(23)6-19-13-5-12-9(4-14(13)22(25)26)16(24)21-7-20-12/h1-5,7,15,19,23H,6H2,(H,20,21,24). The van der Waals surface area contributed by atoms with E-state index in [4.69, 9.17) is 11.6 Å². The Morgan fingerprint density at radius 2 is 2.15 bits per heavy atom. The van der Waals surface area contributed by atoms with Gasteiger partial charge in [0.1, 0.15) is 11.5 Å². The van der Waals surface area contributed by atoms with Gasteiger partial charge >= 0.3 is 0 Å². The lowest BCUT2D eigenvalue weighted by atomic mass is 10.1. The minimum Gasteiger partial charge on any atom is -0.387 e. The number of nitrogens with one attached hydrogen (secondary N) is 2. The fraction of sp³-hybridized carbons (Fsp3) is 0.125. The molecule has 0 bridgehead atoms. The minimum absolute atomic E-state index is 0.0737. The number of H-pyrrole nitrogens is 1. The Kier molecular flexibility index (Phi) is 4.83. The minimum atomic E-state index is -1.13. The van der Waals surface area contributed by atoms with Crippen LogP contribution >= 0.6 is 11.6 Å². The number of nitro groups is 1. The van der Waals surface area contributed by atoms with Gasteiger partial charge in [-0.05, 0) is 23.8 Å². The molecule has 134 valence electrons. The predicted octanol–water partition coefficient (Wildman–Crippen LogP) is 2.77. The Labute approximate surface area is 150 Å². The number of nitro benzene ring substituents is 1. The average Bonchev–Trinajstić information content (AvgIpc) is 2.61. The topological polar surface area (TPSA) is 121 Å². The number of rotatable bonds is 5. The highest BCUT2D eigenvalue weighted by atomic mass is 35.5. The molecule has 1 unspecified atom stereocenters. The number of benzene rings is 2. The van der Waals surface area contributed by atoms with Gasteiger partial charge in [0, 0.05) is 12.6 Å². The summed E-state index contributed by atoms with van der Waals surface area (Å²) in [6.45, 7) is -0.128. The molecular weight excluding hydrogens is 367 g/mol. The van der Waals surface area contributed by atoms with Gasteiger partial charge in [-0.2, -0.15) is 0 Å². The third-order valence-electron chi connectivity index (χ3n) is 3.77. The molecule has 0 aliphatic rings. The van der Waals surface area contributed by atoms with E-state index in [-0.39, 0.29) is 39.4 Å². The highest BCUT2D eigenvalue weighted by Crippen LogP contribution is 2.29. The van der Waals surface area contributed by atoms with E-state index in [0.717, 1.165) is 12.1 Å². The number of hydrogen-bond donors (Lipinski definition) is 3. The van der Waals surface area contributed by atoms with Crippen LogP contribution in [-0.4, -0.2) is 26.5 Å². The van der Waals surface area contributed by atoms with Crippen molar-refractivity contribution >= 4 is 33.9 Å². The first-order chi connectivity index (χ1) is 12.4. The van der Waals surface area contributed by atoms with Crippen molar-refractivity contribution in [1.29, 1.82) is 0 Å². The Hall–Kier alpha value is -3.04. The Balaban J connectivity index is 1.90. The second-order valence-electron chi connectivity index (χ2n) is 5.45. The third-order valence-corrected chi connectivity index (χ3v) is 4.08. The maximum Gasteiger partial charge on any atom is 0.293 e. The largest absolute Gasteiger partial charge is 0.387 e. The second-order valence-corrected chi connectivity index (χ2v) is 5.85. The zero-order valence-electron chi connectivity index (χ0n) is 13.1. The number of hydrogen-bond acceptors (Lipinski definition) is 6. The molecule has 0 aliphatic heterocycles. The van der Waals surface area contributed by atoms with Gasteiger partial charge < -0.3 is 15.4 Å². The number of fused-ring (bicyclic) bond motifs is 1. The van der Waals surface area contributed by atoms with E-state index >= 15 is 0 Å². The van der Waals surface area contributed by atoms with Crippen LogP contribution in [0.4, 0.5) is 15.8 Å². The Bertz CT molecular complexity index is 1060. The molecule has 2 aromatic carbocycles. The lowest BCUT2D eigenvalue weighted by Crippen LogP contribution is -2.14. The third kappa shape index (κ3) is 3.48. The van der Waals surface area contributed by atoms with E-state index in [9.17, 15) is 24.4 Å². The van der Waals surface area contributed by atoms with Crippen molar-refractivity contribution < 1.29 is 14.4 Å². The molecule has 0 amide bonds. The first-order valence-corrected chi connectivity index (χ1v) is 7.77. The molecule has 0 saturated carbocycles. The first kappa shape index (κ1) is 17.8. The van der Waals surface area contributed by atoms with Gasteiger partial charge in [0.15, 0.2) is 0 Å². The molecule has 0 saturated heterocycles. The highest BCUT2D eigenvalue weighted by Gasteiger charge is 2.18. The van der Waals surface area contributed by atoms with Crippen LogP contribution in [0.25, 0.3) is 10.9 Å².